The van der Waals surface area contributed by atoms with Gasteiger partial charge in [-0.15, -0.1) is 0 Å². The van der Waals surface area contributed by atoms with E-state index in [1.165, 1.54) is 12.1 Å². The Morgan fingerprint density at radius 3 is 2.80 bits per heavy atom. The second-order valence-electron chi connectivity index (χ2n) is 4.18. The first-order valence-corrected chi connectivity index (χ1v) is 6.87. The molecule has 0 atom stereocenters. The summed E-state index contributed by atoms with van der Waals surface area (Å²) in [6, 6.07) is 9.67. The highest BCUT2D eigenvalue weighted by Gasteiger charge is 2.12. The van der Waals surface area contributed by atoms with E-state index in [2.05, 4.69) is 25.9 Å². The maximum Gasteiger partial charge on any atom is 0.259 e. The van der Waals surface area contributed by atoms with Gasteiger partial charge in [0.15, 0.2) is 0 Å². The van der Waals surface area contributed by atoms with E-state index < -0.39 is 5.82 Å². The summed E-state index contributed by atoms with van der Waals surface area (Å²) in [7, 11) is 0. The largest absolute Gasteiger partial charge is 0.306 e. The normalized spacial score (nSPS) is 10.9. The van der Waals surface area contributed by atoms with Gasteiger partial charge in [-0.3, -0.25) is 4.79 Å². The Hall–Kier alpha value is -1.72. The van der Waals surface area contributed by atoms with Gasteiger partial charge in [-0.2, -0.15) is 0 Å². The lowest BCUT2D eigenvalue weighted by atomic mass is 10.2. The van der Waals surface area contributed by atoms with Crippen LogP contribution in [0.15, 0.2) is 45.7 Å². The predicted molar refractivity (Wildman–Crippen MR) is 80.5 cm³/mol. The molecule has 0 fully saturated rings. The fourth-order valence-electron chi connectivity index (χ4n) is 1.92. The van der Waals surface area contributed by atoms with E-state index >= 15 is 0 Å². The lowest BCUT2D eigenvalue weighted by Crippen LogP contribution is -2.09. The molecule has 1 heterocycles. The second-order valence-corrected chi connectivity index (χ2v) is 5.44. The van der Waals surface area contributed by atoms with Crippen LogP contribution in [0.4, 0.5) is 4.39 Å². The fourth-order valence-corrected chi connectivity index (χ4v) is 2.58. The number of nitrogens with one attached hydrogen (secondary N) is 1. The molecule has 6 heteroatoms. The Balaban J connectivity index is 2.30. The molecule has 1 N–H and O–H groups in total. The maximum absolute atomic E-state index is 13.4. The van der Waals surface area contributed by atoms with E-state index in [-0.39, 0.29) is 10.6 Å². The fraction of sp³-hybridized carbons (Fsp3) is 0. The van der Waals surface area contributed by atoms with Crippen LogP contribution in [-0.4, -0.2) is 9.97 Å². The second kappa shape index (κ2) is 5.00. The van der Waals surface area contributed by atoms with Crippen LogP contribution in [-0.2, 0) is 0 Å². The van der Waals surface area contributed by atoms with Crippen molar-refractivity contribution in [1.29, 1.82) is 0 Å². The molecule has 0 unspecified atom stereocenters. The molecule has 0 aliphatic carbocycles. The minimum absolute atomic E-state index is 0.0287. The summed E-state index contributed by atoms with van der Waals surface area (Å²) < 4.78 is 13.8. The number of H-pyrrole nitrogens is 1. The third kappa shape index (κ3) is 2.23. The summed E-state index contributed by atoms with van der Waals surface area (Å²) in [5.74, 6) is -0.201. The zero-order valence-electron chi connectivity index (χ0n) is 9.95. The number of aromatic nitrogens is 2. The number of aromatic amines is 1. The average molecular weight is 354 g/mol. The number of halogens is 3. The van der Waals surface area contributed by atoms with E-state index in [4.69, 9.17) is 11.6 Å². The van der Waals surface area contributed by atoms with E-state index in [9.17, 15) is 9.18 Å². The lowest BCUT2D eigenvalue weighted by Gasteiger charge is -2.06. The molecule has 3 rings (SSSR count). The Morgan fingerprint density at radius 1 is 1.25 bits per heavy atom. The SMILES string of the molecule is O=c1[nH]c(-c2cc(Cl)c(F)cc2Br)nc2ccccc12. The van der Waals surface area contributed by atoms with Gasteiger partial charge in [0.1, 0.15) is 11.6 Å². The van der Waals surface area contributed by atoms with Crippen LogP contribution < -0.4 is 5.56 Å². The van der Waals surface area contributed by atoms with Crippen molar-refractivity contribution in [1.82, 2.24) is 9.97 Å². The third-order valence-corrected chi connectivity index (χ3v) is 3.82. The van der Waals surface area contributed by atoms with Gasteiger partial charge < -0.3 is 4.98 Å². The molecule has 0 aliphatic rings. The highest BCUT2D eigenvalue weighted by molar-refractivity contribution is 9.10. The molecule has 0 bridgehead atoms. The summed E-state index contributed by atoms with van der Waals surface area (Å²) in [5.41, 5.74) is 0.843. The molecule has 2 aromatic carbocycles. The summed E-state index contributed by atoms with van der Waals surface area (Å²) in [6.45, 7) is 0. The molecule has 20 heavy (non-hydrogen) atoms. The van der Waals surface area contributed by atoms with Crippen molar-refractivity contribution in [2.45, 2.75) is 0 Å². The van der Waals surface area contributed by atoms with Crippen LogP contribution >= 0.6 is 27.5 Å². The van der Waals surface area contributed by atoms with Gasteiger partial charge in [0.05, 0.1) is 15.9 Å². The minimum atomic E-state index is -0.537. The molecular weight excluding hydrogens is 347 g/mol. The Bertz CT molecular complexity index is 879. The van der Waals surface area contributed by atoms with E-state index in [0.717, 1.165) is 0 Å². The van der Waals surface area contributed by atoms with Gasteiger partial charge in [0.25, 0.3) is 5.56 Å². The first kappa shape index (κ1) is 13.3. The molecule has 0 saturated carbocycles. The highest BCUT2D eigenvalue weighted by atomic mass is 79.9. The minimum Gasteiger partial charge on any atom is -0.306 e. The third-order valence-electron chi connectivity index (χ3n) is 2.88. The summed E-state index contributed by atoms with van der Waals surface area (Å²) in [4.78, 5) is 19.1. The van der Waals surface area contributed by atoms with E-state index in [1.807, 2.05) is 0 Å². The molecule has 1 aromatic heterocycles. The van der Waals surface area contributed by atoms with Crippen LogP contribution in [0.5, 0.6) is 0 Å². The Kier molecular flexibility index (Phi) is 3.31. The van der Waals surface area contributed by atoms with E-state index in [0.29, 0.717) is 26.8 Å². The van der Waals surface area contributed by atoms with Crippen molar-refractivity contribution in [3.63, 3.8) is 0 Å². The zero-order valence-corrected chi connectivity index (χ0v) is 12.3. The van der Waals surface area contributed by atoms with E-state index in [1.54, 1.807) is 24.3 Å². The summed E-state index contributed by atoms with van der Waals surface area (Å²) in [6.07, 6.45) is 0. The number of hydrogen-bond acceptors (Lipinski definition) is 2. The molecule has 3 aromatic rings. The molecular formula is C14H7BrClFN2O. The highest BCUT2D eigenvalue weighted by Crippen LogP contribution is 2.30. The van der Waals surface area contributed by atoms with Crippen LogP contribution in [0.1, 0.15) is 0 Å². The van der Waals surface area contributed by atoms with Crippen LogP contribution in [0.25, 0.3) is 22.3 Å². The van der Waals surface area contributed by atoms with Gasteiger partial charge >= 0.3 is 0 Å². The zero-order chi connectivity index (χ0) is 14.3. The van der Waals surface area contributed by atoms with Crippen molar-refractivity contribution < 1.29 is 4.39 Å². The number of hydrogen-bond donors (Lipinski definition) is 1. The molecule has 0 radical (unpaired) electrons. The number of nitrogens with zero attached hydrogens (tertiary/aromatic N) is 1. The van der Waals surface area contributed by atoms with Crippen molar-refractivity contribution in [3.8, 4) is 11.4 Å². The van der Waals surface area contributed by atoms with Gasteiger partial charge in [0.2, 0.25) is 0 Å². The van der Waals surface area contributed by atoms with Gasteiger partial charge in [-0.1, -0.05) is 23.7 Å². The molecule has 0 aliphatic heterocycles. The van der Waals surface area contributed by atoms with Gasteiger partial charge in [-0.05, 0) is 40.2 Å². The number of benzene rings is 2. The summed E-state index contributed by atoms with van der Waals surface area (Å²) in [5, 5.41) is 0.472. The topological polar surface area (TPSA) is 45.8 Å². The number of rotatable bonds is 1. The van der Waals surface area contributed by atoms with Crippen LogP contribution in [0.2, 0.25) is 5.02 Å². The first-order valence-electron chi connectivity index (χ1n) is 5.70. The Labute approximate surface area is 126 Å². The molecule has 3 nitrogen and oxygen atoms in total. The molecule has 0 amide bonds. The predicted octanol–water partition coefficient (Wildman–Crippen LogP) is 4.15. The lowest BCUT2D eigenvalue weighted by molar-refractivity contribution is 0.627. The summed E-state index contributed by atoms with van der Waals surface area (Å²) >= 11 is 9.02. The molecule has 100 valence electrons. The van der Waals surface area contributed by atoms with Crippen molar-refractivity contribution in [3.05, 3.63) is 62.1 Å². The standard InChI is InChI=1S/C14H7BrClFN2O/c15-9-6-11(17)10(16)5-8(9)13-18-12-4-2-1-3-7(12)14(20)19-13/h1-6H,(H,18,19,20). The quantitative estimate of drug-likeness (QED) is 0.668. The number of para-hydroxylation sites is 1. The van der Waals surface area contributed by atoms with Crippen molar-refractivity contribution in [2.75, 3.05) is 0 Å². The van der Waals surface area contributed by atoms with Crippen LogP contribution in [0, 0.1) is 5.82 Å². The maximum atomic E-state index is 13.4. The van der Waals surface area contributed by atoms with Gasteiger partial charge in [0, 0.05) is 10.0 Å². The van der Waals surface area contributed by atoms with Crippen LogP contribution in [0.3, 0.4) is 0 Å². The smallest absolute Gasteiger partial charge is 0.259 e. The monoisotopic (exact) mass is 352 g/mol. The Morgan fingerprint density at radius 2 is 2.00 bits per heavy atom. The van der Waals surface area contributed by atoms with Crippen molar-refractivity contribution in [2.24, 2.45) is 0 Å². The average Bonchev–Trinajstić information content (AvgIpc) is 2.43. The van der Waals surface area contributed by atoms with Crippen molar-refractivity contribution >= 4 is 38.4 Å². The molecule has 0 spiro atoms. The molecule has 0 saturated heterocycles. The van der Waals surface area contributed by atoms with Gasteiger partial charge in [-0.25, -0.2) is 9.37 Å². The first-order chi connectivity index (χ1) is 9.56. The number of fused-ring (bicyclic) bond motifs is 1.